The molecule has 0 aliphatic heterocycles. The summed E-state index contributed by atoms with van der Waals surface area (Å²) in [6.07, 6.45) is 8.29. The molecule has 1 unspecified atom stereocenters. The van der Waals surface area contributed by atoms with Gasteiger partial charge in [-0.05, 0) is 42.9 Å². The summed E-state index contributed by atoms with van der Waals surface area (Å²) in [5.41, 5.74) is 0.808. The van der Waals surface area contributed by atoms with Gasteiger partial charge in [-0.25, -0.2) is 0 Å². The zero-order valence-corrected chi connectivity index (χ0v) is 10.9. The predicted octanol–water partition coefficient (Wildman–Crippen LogP) is 3.26. The van der Waals surface area contributed by atoms with Crippen molar-refractivity contribution >= 4 is 5.91 Å². The monoisotopic (exact) mass is 223 g/mol. The van der Waals surface area contributed by atoms with E-state index in [0.29, 0.717) is 17.9 Å². The second-order valence-corrected chi connectivity index (χ2v) is 6.94. The summed E-state index contributed by atoms with van der Waals surface area (Å²) >= 11 is 0. The van der Waals surface area contributed by atoms with E-state index in [4.69, 9.17) is 0 Å². The molecule has 1 spiro atoms. The van der Waals surface area contributed by atoms with Crippen molar-refractivity contribution in [3.8, 4) is 0 Å². The van der Waals surface area contributed by atoms with Crippen molar-refractivity contribution in [2.75, 3.05) is 0 Å². The van der Waals surface area contributed by atoms with E-state index >= 15 is 0 Å². The molecular formula is C14H25NO. The van der Waals surface area contributed by atoms with E-state index in [1.165, 1.54) is 32.1 Å². The Kier molecular flexibility index (Phi) is 3.02. The van der Waals surface area contributed by atoms with Gasteiger partial charge in [0.05, 0.1) is 0 Å². The van der Waals surface area contributed by atoms with Gasteiger partial charge in [-0.1, -0.05) is 27.2 Å². The van der Waals surface area contributed by atoms with Gasteiger partial charge in [0.1, 0.15) is 0 Å². The van der Waals surface area contributed by atoms with Gasteiger partial charge in [0.25, 0.3) is 0 Å². The lowest BCUT2D eigenvalue weighted by atomic mass is 9.53. The summed E-state index contributed by atoms with van der Waals surface area (Å²) in [5.74, 6) is 0.269. The lowest BCUT2D eigenvalue weighted by molar-refractivity contribution is -0.127. The third kappa shape index (κ3) is 2.41. The molecule has 1 amide bonds. The summed E-state index contributed by atoms with van der Waals surface area (Å²) < 4.78 is 0. The minimum Gasteiger partial charge on any atom is -0.353 e. The summed E-state index contributed by atoms with van der Waals surface area (Å²) in [6.45, 7) is 6.57. The Bertz CT molecular complexity index is 267. The molecule has 2 nitrogen and oxygen atoms in total. The largest absolute Gasteiger partial charge is 0.353 e. The molecule has 0 radical (unpaired) electrons. The molecule has 16 heavy (non-hydrogen) atoms. The molecule has 0 saturated heterocycles. The highest BCUT2D eigenvalue weighted by Gasteiger charge is 2.50. The van der Waals surface area contributed by atoms with Crippen LogP contribution in [0.15, 0.2) is 0 Å². The first kappa shape index (κ1) is 11.9. The molecule has 2 rings (SSSR count). The Balaban J connectivity index is 1.71. The minimum absolute atomic E-state index is 0.269. The van der Waals surface area contributed by atoms with E-state index in [-0.39, 0.29) is 11.3 Å². The smallest absolute Gasteiger partial charge is 0.220 e. The molecule has 0 bridgehead atoms. The molecule has 0 aromatic heterocycles. The Labute approximate surface area is 99.2 Å². The van der Waals surface area contributed by atoms with E-state index in [1.807, 2.05) is 0 Å². The van der Waals surface area contributed by atoms with Gasteiger partial charge in [-0.15, -0.1) is 0 Å². The molecule has 1 atom stereocenters. The first-order valence-electron chi connectivity index (χ1n) is 6.71. The Morgan fingerprint density at radius 1 is 1.31 bits per heavy atom. The maximum Gasteiger partial charge on any atom is 0.220 e. The number of hydrogen-bond acceptors (Lipinski definition) is 1. The standard InChI is InChI=1S/C14H25NO/c1-13(2,3)9-6-12(16)15-11-5-10-14(11)7-4-8-14/h11H,4-10H2,1-3H3,(H,15,16). The quantitative estimate of drug-likeness (QED) is 0.781. The van der Waals surface area contributed by atoms with Crippen LogP contribution in [-0.2, 0) is 4.79 Å². The van der Waals surface area contributed by atoms with E-state index in [9.17, 15) is 4.79 Å². The Hall–Kier alpha value is -0.530. The van der Waals surface area contributed by atoms with Gasteiger partial charge in [0, 0.05) is 12.5 Å². The zero-order chi connectivity index (χ0) is 11.8. The van der Waals surface area contributed by atoms with Crippen molar-refractivity contribution in [2.45, 2.75) is 71.8 Å². The third-order valence-electron chi connectivity index (χ3n) is 4.46. The number of rotatable bonds is 3. The van der Waals surface area contributed by atoms with Crippen LogP contribution in [0, 0.1) is 10.8 Å². The maximum atomic E-state index is 11.8. The van der Waals surface area contributed by atoms with Crippen molar-refractivity contribution in [1.82, 2.24) is 5.32 Å². The molecule has 2 fully saturated rings. The number of amides is 1. The third-order valence-corrected chi connectivity index (χ3v) is 4.46. The van der Waals surface area contributed by atoms with Gasteiger partial charge in [-0.3, -0.25) is 4.79 Å². The fourth-order valence-corrected chi connectivity index (χ4v) is 2.91. The van der Waals surface area contributed by atoms with Crippen LogP contribution in [0.2, 0.25) is 0 Å². The van der Waals surface area contributed by atoms with Crippen LogP contribution >= 0.6 is 0 Å². The summed E-state index contributed by atoms with van der Waals surface area (Å²) in [5, 5.41) is 3.24. The van der Waals surface area contributed by atoms with E-state index in [2.05, 4.69) is 26.1 Å². The van der Waals surface area contributed by atoms with Crippen LogP contribution < -0.4 is 5.32 Å². The molecule has 92 valence electrons. The highest BCUT2D eigenvalue weighted by Crippen LogP contribution is 2.55. The van der Waals surface area contributed by atoms with E-state index in [0.717, 1.165) is 6.42 Å². The summed E-state index contributed by atoms with van der Waals surface area (Å²) in [7, 11) is 0. The van der Waals surface area contributed by atoms with Gasteiger partial charge >= 0.3 is 0 Å². The highest BCUT2D eigenvalue weighted by molar-refractivity contribution is 5.76. The molecule has 1 N–H and O–H groups in total. The van der Waals surface area contributed by atoms with Crippen LogP contribution in [0.4, 0.5) is 0 Å². The fourth-order valence-electron chi connectivity index (χ4n) is 2.91. The van der Waals surface area contributed by atoms with Crippen molar-refractivity contribution in [2.24, 2.45) is 10.8 Å². The zero-order valence-electron chi connectivity index (χ0n) is 10.9. The highest BCUT2D eigenvalue weighted by atomic mass is 16.1. The maximum absolute atomic E-state index is 11.8. The molecule has 0 heterocycles. The van der Waals surface area contributed by atoms with Gasteiger partial charge in [0.15, 0.2) is 0 Å². The van der Waals surface area contributed by atoms with Crippen LogP contribution in [0.5, 0.6) is 0 Å². The molecule has 0 aromatic rings. The van der Waals surface area contributed by atoms with Gasteiger partial charge in [-0.2, -0.15) is 0 Å². The number of carbonyl (C=O) groups excluding carboxylic acids is 1. The topological polar surface area (TPSA) is 29.1 Å². The van der Waals surface area contributed by atoms with Crippen LogP contribution in [0.1, 0.15) is 65.7 Å². The average molecular weight is 223 g/mol. The average Bonchev–Trinajstić information content (AvgIpc) is 2.05. The van der Waals surface area contributed by atoms with Crippen LogP contribution in [0.25, 0.3) is 0 Å². The first-order chi connectivity index (χ1) is 7.41. The Morgan fingerprint density at radius 2 is 2.00 bits per heavy atom. The fraction of sp³-hybridized carbons (Fsp3) is 0.929. The number of carbonyl (C=O) groups is 1. The lowest BCUT2D eigenvalue weighted by Gasteiger charge is -2.56. The second-order valence-electron chi connectivity index (χ2n) is 6.94. The normalized spacial score (nSPS) is 27.1. The second kappa shape index (κ2) is 4.05. The van der Waals surface area contributed by atoms with Crippen molar-refractivity contribution < 1.29 is 4.79 Å². The number of nitrogens with one attached hydrogen (secondary N) is 1. The molecule has 2 aliphatic carbocycles. The van der Waals surface area contributed by atoms with Crippen molar-refractivity contribution in [1.29, 1.82) is 0 Å². The predicted molar refractivity (Wildman–Crippen MR) is 66.1 cm³/mol. The molecular weight excluding hydrogens is 198 g/mol. The van der Waals surface area contributed by atoms with Gasteiger partial charge in [0.2, 0.25) is 5.91 Å². The SMILES string of the molecule is CC(C)(C)CCC(=O)NC1CCC12CCC2. The minimum atomic E-state index is 0.269. The summed E-state index contributed by atoms with van der Waals surface area (Å²) in [4.78, 5) is 11.8. The number of hydrogen-bond donors (Lipinski definition) is 1. The van der Waals surface area contributed by atoms with Gasteiger partial charge < -0.3 is 5.32 Å². The van der Waals surface area contributed by atoms with Crippen molar-refractivity contribution in [3.05, 3.63) is 0 Å². The summed E-state index contributed by atoms with van der Waals surface area (Å²) in [6, 6.07) is 0.508. The van der Waals surface area contributed by atoms with Crippen molar-refractivity contribution in [3.63, 3.8) is 0 Å². The van der Waals surface area contributed by atoms with E-state index < -0.39 is 0 Å². The molecule has 2 heteroatoms. The Morgan fingerprint density at radius 3 is 2.38 bits per heavy atom. The lowest BCUT2D eigenvalue weighted by Crippen LogP contribution is -2.58. The molecule has 2 aliphatic rings. The van der Waals surface area contributed by atoms with E-state index in [1.54, 1.807) is 0 Å². The first-order valence-corrected chi connectivity index (χ1v) is 6.71. The molecule has 0 aromatic carbocycles. The van der Waals surface area contributed by atoms with Crippen LogP contribution in [0.3, 0.4) is 0 Å². The van der Waals surface area contributed by atoms with Crippen LogP contribution in [-0.4, -0.2) is 11.9 Å². The molecule has 2 saturated carbocycles.